The molecule has 1 aromatic rings. The molecule has 0 unspecified atom stereocenters. The maximum absolute atomic E-state index is 12.5. The van der Waals surface area contributed by atoms with Crippen molar-refractivity contribution < 1.29 is 30.6 Å². The molecule has 8 heteroatoms. The Bertz CT molecular complexity index is 477. The molecule has 0 radical (unpaired) electrons. The van der Waals surface area contributed by atoms with Crippen molar-refractivity contribution in [3.8, 4) is 5.75 Å². The molecule has 0 aliphatic carbocycles. The molecule has 0 aliphatic heterocycles. The van der Waals surface area contributed by atoms with Crippen LogP contribution in [0.15, 0.2) is 23.1 Å². The van der Waals surface area contributed by atoms with Crippen molar-refractivity contribution in [1.29, 1.82) is 0 Å². The lowest BCUT2D eigenvalue weighted by Gasteiger charge is -2.10. The van der Waals surface area contributed by atoms with Gasteiger partial charge in [0.2, 0.25) is 0 Å². The third kappa shape index (κ3) is 2.38. The molecule has 0 fully saturated rings. The van der Waals surface area contributed by atoms with E-state index in [1.165, 1.54) is 0 Å². The number of phenols is 1. The first-order valence-electron chi connectivity index (χ1n) is 3.48. The molecule has 0 amide bonds. The Morgan fingerprint density at radius 2 is 1.73 bits per heavy atom. The summed E-state index contributed by atoms with van der Waals surface area (Å²) in [5, 5.41) is 8.87. The highest BCUT2D eigenvalue weighted by Crippen LogP contribution is 2.38. The molecule has 1 N–H and O–H groups in total. The minimum Gasteiger partial charge on any atom is -0.506 e. The molecule has 15 heavy (non-hydrogen) atoms. The Morgan fingerprint density at radius 3 is 2.07 bits per heavy atom. The fraction of sp³-hybridized carbons (Fsp3) is 0.143. The number of benzene rings is 1. The maximum Gasteiger partial charge on any atom is 0.417 e. The van der Waals surface area contributed by atoms with Gasteiger partial charge < -0.3 is 5.11 Å². The first-order valence-corrected chi connectivity index (χ1v) is 4.86. The van der Waals surface area contributed by atoms with E-state index in [2.05, 4.69) is 0 Å². The van der Waals surface area contributed by atoms with Crippen molar-refractivity contribution in [2.24, 2.45) is 0 Å². The van der Waals surface area contributed by atoms with Crippen molar-refractivity contribution in [3.63, 3.8) is 0 Å². The molecular formula is C7H4F4O3S. The van der Waals surface area contributed by atoms with Gasteiger partial charge in [0.1, 0.15) is 5.75 Å². The Balaban J connectivity index is 3.63. The number of hydrogen-bond acceptors (Lipinski definition) is 3. The average molecular weight is 244 g/mol. The highest BCUT2D eigenvalue weighted by Gasteiger charge is 2.38. The van der Waals surface area contributed by atoms with E-state index in [1.807, 2.05) is 0 Å². The van der Waals surface area contributed by atoms with Crippen molar-refractivity contribution in [2.75, 3.05) is 0 Å². The lowest BCUT2D eigenvalue weighted by molar-refractivity contribution is -0.140. The van der Waals surface area contributed by atoms with Gasteiger partial charge in [0.15, 0.2) is 4.90 Å². The number of alkyl halides is 3. The Morgan fingerprint density at radius 1 is 1.20 bits per heavy atom. The van der Waals surface area contributed by atoms with Crippen LogP contribution >= 0.6 is 0 Å². The summed E-state index contributed by atoms with van der Waals surface area (Å²) in [5.74, 6) is -1.27. The van der Waals surface area contributed by atoms with E-state index in [-0.39, 0.29) is 0 Å². The average Bonchev–Trinajstić information content (AvgIpc) is 1.99. The lowest BCUT2D eigenvalue weighted by Crippen LogP contribution is -2.10. The van der Waals surface area contributed by atoms with Crippen molar-refractivity contribution in [1.82, 2.24) is 0 Å². The quantitative estimate of drug-likeness (QED) is 0.607. The summed E-state index contributed by atoms with van der Waals surface area (Å²) in [4.78, 5) is -1.75. The van der Waals surface area contributed by atoms with Gasteiger partial charge in [-0.3, -0.25) is 0 Å². The second kappa shape index (κ2) is 3.37. The van der Waals surface area contributed by atoms with E-state index in [0.29, 0.717) is 12.1 Å². The summed E-state index contributed by atoms with van der Waals surface area (Å²) < 4.78 is 69.9. The smallest absolute Gasteiger partial charge is 0.417 e. The first-order chi connectivity index (χ1) is 6.64. The van der Waals surface area contributed by atoms with Gasteiger partial charge in [-0.2, -0.15) is 21.6 Å². The summed E-state index contributed by atoms with van der Waals surface area (Å²) >= 11 is 0. The molecule has 84 valence electrons. The van der Waals surface area contributed by atoms with Gasteiger partial charge in [0.25, 0.3) is 0 Å². The number of hydrogen-bond donors (Lipinski definition) is 1. The van der Waals surface area contributed by atoms with E-state index >= 15 is 0 Å². The van der Waals surface area contributed by atoms with Gasteiger partial charge in [-0.05, 0) is 12.1 Å². The van der Waals surface area contributed by atoms with Crippen molar-refractivity contribution >= 4 is 10.2 Å². The van der Waals surface area contributed by atoms with Crippen LogP contribution in [0.1, 0.15) is 5.56 Å². The SMILES string of the molecule is O=S(=O)(F)c1c(O)cccc1C(F)(F)F. The highest BCUT2D eigenvalue weighted by atomic mass is 32.3. The Kier molecular flexibility index (Phi) is 2.64. The van der Waals surface area contributed by atoms with Gasteiger partial charge in [0.05, 0.1) is 5.56 Å². The largest absolute Gasteiger partial charge is 0.506 e. The van der Waals surface area contributed by atoms with Gasteiger partial charge in [-0.15, -0.1) is 3.89 Å². The summed E-state index contributed by atoms with van der Waals surface area (Å²) in [6.45, 7) is 0. The van der Waals surface area contributed by atoms with Crippen LogP contribution in [0.3, 0.4) is 0 Å². The molecule has 0 aliphatic rings. The predicted molar refractivity (Wildman–Crippen MR) is 41.4 cm³/mol. The molecule has 1 rings (SSSR count). The monoisotopic (exact) mass is 244 g/mol. The second-order valence-corrected chi connectivity index (χ2v) is 3.87. The molecule has 0 bridgehead atoms. The van der Waals surface area contributed by atoms with Gasteiger partial charge in [-0.25, -0.2) is 0 Å². The third-order valence-corrected chi connectivity index (χ3v) is 2.46. The molecule has 0 saturated heterocycles. The molecular weight excluding hydrogens is 240 g/mol. The van der Waals surface area contributed by atoms with Crippen LogP contribution in [0.5, 0.6) is 5.75 Å². The zero-order valence-electron chi connectivity index (χ0n) is 6.92. The van der Waals surface area contributed by atoms with E-state index in [4.69, 9.17) is 5.11 Å². The third-order valence-electron chi connectivity index (χ3n) is 1.54. The molecule has 1 aromatic carbocycles. The zero-order chi connectivity index (χ0) is 11.9. The lowest BCUT2D eigenvalue weighted by atomic mass is 10.2. The van der Waals surface area contributed by atoms with E-state index < -0.39 is 32.6 Å². The van der Waals surface area contributed by atoms with Gasteiger partial charge >= 0.3 is 16.4 Å². The highest BCUT2D eigenvalue weighted by molar-refractivity contribution is 7.86. The van der Waals surface area contributed by atoms with Crippen molar-refractivity contribution in [3.05, 3.63) is 23.8 Å². The van der Waals surface area contributed by atoms with Gasteiger partial charge in [-0.1, -0.05) is 6.07 Å². The van der Waals surface area contributed by atoms with Gasteiger partial charge in [0, 0.05) is 0 Å². The molecule has 0 atom stereocenters. The van der Waals surface area contributed by atoms with E-state index in [0.717, 1.165) is 6.07 Å². The fourth-order valence-corrected chi connectivity index (χ4v) is 1.77. The molecule has 0 aromatic heterocycles. The fourth-order valence-electron chi connectivity index (χ4n) is 1.00. The van der Waals surface area contributed by atoms with Crippen LogP contribution in [0.4, 0.5) is 17.1 Å². The van der Waals surface area contributed by atoms with E-state index in [9.17, 15) is 25.5 Å². The zero-order valence-corrected chi connectivity index (χ0v) is 7.73. The Labute approximate surface area is 82.2 Å². The van der Waals surface area contributed by atoms with Crippen LogP contribution in [0.2, 0.25) is 0 Å². The Hall–Kier alpha value is -1.31. The molecule has 0 spiro atoms. The molecule has 3 nitrogen and oxygen atoms in total. The predicted octanol–water partition coefficient (Wildman–Crippen LogP) is 2.07. The number of halogens is 4. The summed E-state index contributed by atoms with van der Waals surface area (Å²) in [7, 11) is -5.62. The summed E-state index contributed by atoms with van der Waals surface area (Å²) in [6, 6.07) is 1.79. The maximum atomic E-state index is 12.5. The molecule has 0 heterocycles. The topological polar surface area (TPSA) is 54.4 Å². The number of aromatic hydroxyl groups is 1. The standard InChI is InChI=1S/C7H4F4O3S/c8-7(9,10)4-2-1-3-5(12)6(4)15(11,13)14/h1-3,12H. The minimum absolute atomic E-state index is 0.367. The van der Waals surface area contributed by atoms with Crippen LogP contribution in [0.25, 0.3) is 0 Å². The van der Waals surface area contributed by atoms with E-state index in [1.54, 1.807) is 0 Å². The van der Waals surface area contributed by atoms with Crippen LogP contribution in [0, 0.1) is 0 Å². The second-order valence-electron chi connectivity index (χ2n) is 2.59. The summed E-state index contributed by atoms with van der Waals surface area (Å²) in [6.07, 6.45) is -5.05. The van der Waals surface area contributed by atoms with Crippen LogP contribution < -0.4 is 0 Å². The van der Waals surface area contributed by atoms with Crippen LogP contribution in [-0.4, -0.2) is 13.5 Å². The van der Waals surface area contributed by atoms with Crippen LogP contribution in [-0.2, 0) is 16.4 Å². The normalized spacial score (nSPS) is 12.8. The molecule has 0 saturated carbocycles. The minimum atomic E-state index is -5.62. The summed E-state index contributed by atoms with van der Waals surface area (Å²) in [5.41, 5.74) is -1.73. The number of phenolic OH excluding ortho intramolecular Hbond substituents is 1. The first kappa shape index (κ1) is 11.8. The number of rotatable bonds is 1. The van der Waals surface area contributed by atoms with Crippen molar-refractivity contribution in [2.45, 2.75) is 11.1 Å².